The summed E-state index contributed by atoms with van der Waals surface area (Å²) in [5, 5.41) is 6.80. The average molecular weight is 330 g/mol. The fourth-order valence-corrected chi connectivity index (χ4v) is 1.72. The maximum Gasteiger partial charge on any atom is 0.471 e. The van der Waals surface area contributed by atoms with Gasteiger partial charge < -0.3 is 9.84 Å². The van der Waals surface area contributed by atoms with E-state index in [4.69, 9.17) is 4.84 Å². The Balaban J connectivity index is 2.13. The molecule has 2 aromatic rings. The van der Waals surface area contributed by atoms with Crippen LogP contribution in [0.15, 0.2) is 28.8 Å². The van der Waals surface area contributed by atoms with Crippen molar-refractivity contribution in [3.8, 4) is 11.4 Å². The van der Waals surface area contributed by atoms with Gasteiger partial charge in [0.15, 0.2) is 0 Å². The van der Waals surface area contributed by atoms with Gasteiger partial charge in [-0.3, -0.25) is 4.84 Å². The molecule has 0 bridgehead atoms. The van der Waals surface area contributed by atoms with Gasteiger partial charge in [-0.05, 0) is 5.56 Å². The van der Waals surface area contributed by atoms with Crippen LogP contribution in [0.25, 0.3) is 11.4 Å². The van der Waals surface area contributed by atoms with Gasteiger partial charge in [-0.1, -0.05) is 29.4 Å². The van der Waals surface area contributed by atoms with E-state index in [-0.39, 0.29) is 12.4 Å². The lowest BCUT2D eigenvalue weighted by Crippen LogP contribution is -2.36. The molecule has 0 saturated heterocycles. The van der Waals surface area contributed by atoms with E-state index in [9.17, 15) is 18.0 Å². The van der Waals surface area contributed by atoms with Gasteiger partial charge in [-0.2, -0.15) is 23.2 Å². The van der Waals surface area contributed by atoms with Gasteiger partial charge in [0.1, 0.15) is 0 Å². The summed E-state index contributed by atoms with van der Waals surface area (Å²) >= 11 is 0. The lowest BCUT2D eigenvalue weighted by molar-refractivity contribution is -0.159. The second-order valence-corrected chi connectivity index (χ2v) is 4.39. The van der Waals surface area contributed by atoms with E-state index in [1.165, 1.54) is 26.3 Å². The largest absolute Gasteiger partial charge is 0.471 e. The van der Waals surface area contributed by atoms with E-state index >= 15 is 0 Å². The number of carbonyl (C=O) groups excluding carboxylic acids is 1. The lowest BCUT2D eigenvalue weighted by atomic mass is 10.1. The summed E-state index contributed by atoms with van der Waals surface area (Å²) < 4.78 is 41.4. The molecule has 2 amide bonds. The molecule has 1 aromatic carbocycles. The van der Waals surface area contributed by atoms with Crippen LogP contribution in [0, 0.1) is 0 Å². The number of nitrogens with one attached hydrogen (secondary N) is 1. The Hall–Kier alpha value is -2.62. The molecule has 0 unspecified atom stereocenters. The van der Waals surface area contributed by atoms with Crippen LogP contribution in [0.3, 0.4) is 0 Å². The normalized spacial score (nSPS) is 11.3. The van der Waals surface area contributed by atoms with Crippen LogP contribution in [0.4, 0.5) is 18.0 Å². The van der Waals surface area contributed by atoms with Crippen molar-refractivity contribution < 1.29 is 27.3 Å². The number of hydrogen-bond acceptors (Lipinski definition) is 5. The fraction of sp³-hybridized carbons (Fsp3) is 0.308. The third-order valence-electron chi connectivity index (χ3n) is 2.87. The minimum atomic E-state index is -4.68. The summed E-state index contributed by atoms with van der Waals surface area (Å²) in [6.45, 7) is 0.163. The number of nitrogens with zero attached hydrogens (tertiary/aromatic N) is 3. The lowest BCUT2D eigenvalue weighted by Gasteiger charge is -2.18. The molecule has 0 aliphatic carbocycles. The monoisotopic (exact) mass is 330 g/mol. The zero-order chi connectivity index (χ0) is 17.0. The van der Waals surface area contributed by atoms with Gasteiger partial charge in [-0.15, -0.1) is 0 Å². The summed E-state index contributed by atoms with van der Waals surface area (Å²) in [5.74, 6) is -1.57. The van der Waals surface area contributed by atoms with Crippen LogP contribution >= 0.6 is 0 Å². The minimum absolute atomic E-state index is 0.163. The Bertz CT molecular complexity index is 670. The van der Waals surface area contributed by atoms with Gasteiger partial charge in [0.05, 0.1) is 13.7 Å². The van der Waals surface area contributed by atoms with E-state index in [0.717, 1.165) is 5.06 Å². The van der Waals surface area contributed by atoms with E-state index in [0.29, 0.717) is 11.1 Å². The smallest absolute Gasteiger partial charge is 0.339 e. The number of hydroxylamine groups is 2. The quantitative estimate of drug-likeness (QED) is 0.871. The van der Waals surface area contributed by atoms with Crippen LogP contribution in [0.5, 0.6) is 0 Å². The Morgan fingerprint density at radius 2 is 2.00 bits per heavy atom. The maximum absolute atomic E-state index is 12.4. The first-order valence-electron chi connectivity index (χ1n) is 6.38. The first-order chi connectivity index (χ1) is 10.8. The minimum Gasteiger partial charge on any atom is -0.339 e. The SMILES string of the molecule is CNC(=O)N(Cc1ccc(-c2noc(C(F)(F)F)n2)cc1)OC. The molecule has 0 saturated carbocycles. The molecule has 0 fully saturated rings. The first-order valence-corrected chi connectivity index (χ1v) is 6.38. The number of carbonyl (C=O) groups is 1. The van der Waals surface area contributed by atoms with Crippen LogP contribution < -0.4 is 5.32 Å². The van der Waals surface area contributed by atoms with Gasteiger partial charge >= 0.3 is 18.1 Å². The molecule has 0 aliphatic heterocycles. The number of rotatable bonds is 4. The molecule has 1 N–H and O–H groups in total. The summed E-state index contributed by atoms with van der Waals surface area (Å²) in [5.41, 5.74) is 1.07. The number of amides is 2. The van der Waals surface area contributed by atoms with E-state index in [1.54, 1.807) is 12.1 Å². The Morgan fingerprint density at radius 1 is 1.35 bits per heavy atom. The van der Waals surface area contributed by atoms with Gasteiger partial charge in [-0.25, -0.2) is 4.79 Å². The Kier molecular flexibility index (Phi) is 4.84. The van der Waals surface area contributed by atoms with Gasteiger partial charge in [0.25, 0.3) is 0 Å². The highest BCUT2D eigenvalue weighted by atomic mass is 19.4. The van der Waals surface area contributed by atoms with Crippen LogP contribution in [-0.4, -0.2) is 35.4 Å². The number of aromatic nitrogens is 2. The van der Waals surface area contributed by atoms with Crippen molar-refractivity contribution in [3.63, 3.8) is 0 Å². The standard InChI is InChI=1S/C13H13F3N4O3/c1-17-12(21)20(22-2)7-8-3-5-9(6-4-8)10-18-11(23-19-10)13(14,15)16/h3-6H,7H2,1-2H3,(H,17,21). The van der Waals surface area contributed by atoms with E-state index < -0.39 is 18.1 Å². The van der Waals surface area contributed by atoms with Gasteiger partial charge in [0.2, 0.25) is 5.82 Å². The average Bonchev–Trinajstić information content (AvgIpc) is 3.02. The summed E-state index contributed by atoms with van der Waals surface area (Å²) in [6.07, 6.45) is -4.68. The molecular formula is C13H13F3N4O3. The third-order valence-corrected chi connectivity index (χ3v) is 2.87. The molecule has 2 rings (SSSR count). The van der Waals surface area contributed by atoms with E-state index in [1.807, 2.05) is 0 Å². The number of halogens is 3. The van der Waals surface area contributed by atoms with Crippen molar-refractivity contribution in [3.05, 3.63) is 35.7 Å². The first kappa shape index (κ1) is 16.7. The fourth-order valence-electron chi connectivity index (χ4n) is 1.72. The predicted molar refractivity (Wildman–Crippen MR) is 71.7 cm³/mol. The van der Waals surface area contributed by atoms with Crippen molar-refractivity contribution in [1.29, 1.82) is 0 Å². The van der Waals surface area contributed by atoms with Crippen LogP contribution in [0.1, 0.15) is 11.5 Å². The Labute approximate surface area is 129 Å². The molecule has 10 heteroatoms. The molecule has 0 aliphatic rings. The molecule has 1 heterocycles. The van der Waals surface area contributed by atoms with Crippen molar-refractivity contribution in [2.45, 2.75) is 12.7 Å². The second-order valence-electron chi connectivity index (χ2n) is 4.39. The molecule has 23 heavy (non-hydrogen) atoms. The zero-order valence-corrected chi connectivity index (χ0v) is 12.2. The highest BCUT2D eigenvalue weighted by Crippen LogP contribution is 2.29. The molecular weight excluding hydrogens is 317 g/mol. The summed E-state index contributed by atoms with van der Waals surface area (Å²) in [4.78, 5) is 19.7. The zero-order valence-electron chi connectivity index (χ0n) is 12.2. The molecule has 7 nitrogen and oxygen atoms in total. The van der Waals surface area contributed by atoms with Crippen molar-refractivity contribution in [2.75, 3.05) is 14.2 Å². The van der Waals surface area contributed by atoms with Crippen molar-refractivity contribution >= 4 is 6.03 Å². The number of benzene rings is 1. The highest BCUT2D eigenvalue weighted by Gasteiger charge is 2.38. The van der Waals surface area contributed by atoms with E-state index in [2.05, 4.69) is 20.0 Å². The number of urea groups is 1. The molecule has 0 atom stereocenters. The summed E-state index contributed by atoms with van der Waals surface area (Å²) in [6, 6.07) is 5.86. The Morgan fingerprint density at radius 3 is 2.48 bits per heavy atom. The molecule has 0 spiro atoms. The van der Waals surface area contributed by atoms with Gasteiger partial charge in [0, 0.05) is 12.6 Å². The van der Waals surface area contributed by atoms with Crippen LogP contribution in [-0.2, 0) is 17.6 Å². The van der Waals surface area contributed by atoms with Crippen LogP contribution in [0.2, 0.25) is 0 Å². The molecule has 1 aromatic heterocycles. The molecule has 124 valence electrons. The topological polar surface area (TPSA) is 80.5 Å². The number of hydrogen-bond donors (Lipinski definition) is 1. The summed E-state index contributed by atoms with van der Waals surface area (Å²) in [7, 11) is 2.81. The molecule has 0 radical (unpaired) electrons. The maximum atomic E-state index is 12.4. The highest BCUT2D eigenvalue weighted by molar-refractivity contribution is 5.72. The van der Waals surface area contributed by atoms with Crippen molar-refractivity contribution in [1.82, 2.24) is 20.5 Å². The number of alkyl halides is 3. The van der Waals surface area contributed by atoms with Crippen molar-refractivity contribution in [2.24, 2.45) is 0 Å². The third kappa shape index (κ3) is 3.97. The second kappa shape index (κ2) is 6.65. The predicted octanol–water partition coefficient (Wildman–Crippen LogP) is 2.46.